The van der Waals surface area contributed by atoms with Crippen LogP contribution in [0.3, 0.4) is 0 Å². The number of hydrogen-bond acceptors (Lipinski definition) is 4. The first kappa shape index (κ1) is 12.5. The van der Waals surface area contributed by atoms with Crippen molar-refractivity contribution in [2.75, 3.05) is 5.32 Å². The van der Waals surface area contributed by atoms with Gasteiger partial charge in [0.2, 0.25) is 5.91 Å². The number of amides is 1. The van der Waals surface area contributed by atoms with Gasteiger partial charge in [-0.1, -0.05) is 0 Å². The summed E-state index contributed by atoms with van der Waals surface area (Å²) in [6, 6.07) is 9.43. The summed E-state index contributed by atoms with van der Waals surface area (Å²) in [6.45, 7) is 1.48. The monoisotopic (exact) mass is 292 g/mol. The molecule has 4 aromatic rings. The van der Waals surface area contributed by atoms with Crippen LogP contribution in [-0.4, -0.2) is 30.5 Å². The third-order valence-corrected chi connectivity index (χ3v) is 3.41. The highest BCUT2D eigenvalue weighted by atomic mass is 16.1. The van der Waals surface area contributed by atoms with Gasteiger partial charge in [0, 0.05) is 24.4 Å². The largest absolute Gasteiger partial charge is 0.345 e. The Kier molecular flexibility index (Phi) is 2.65. The predicted octanol–water partition coefficient (Wildman–Crippen LogP) is 2.23. The zero-order chi connectivity index (χ0) is 15.1. The van der Waals surface area contributed by atoms with Gasteiger partial charge in [0.15, 0.2) is 17.1 Å². The molecule has 0 aliphatic rings. The number of aromatic amines is 1. The normalized spacial score (nSPS) is 11.1. The second-order valence-corrected chi connectivity index (χ2v) is 4.95. The number of benzene rings is 1. The molecule has 22 heavy (non-hydrogen) atoms. The molecule has 4 rings (SSSR count). The quantitative estimate of drug-likeness (QED) is 0.593. The summed E-state index contributed by atoms with van der Waals surface area (Å²) in [6.07, 6.45) is 3.52. The molecule has 0 spiro atoms. The van der Waals surface area contributed by atoms with Gasteiger partial charge in [-0.05, 0) is 30.3 Å². The van der Waals surface area contributed by atoms with Crippen LogP contribution in [0.25, 0.3) is 28.2 Å². The van der Waals surface area contributed by atoms with Gasteiger partial charge in [0.25, 0.3) is 0 Å². The molecule has 7 heteroatoms. The molecule has 0 radical (unpaired) electrons. The SMILES string of the molecule is CC(=O)Nc1ccc(-c2nnc3cnc4[nH]ccc4n23)cc1. The Morgan fingerprint density at radius 2 is 2.00 bits per heavy atom. The summed E-state index contributed by atoms with van der Waals surface area (Å²) in [5.41, 5.74) is 4.05. The number of aromatic nitrogens is 5. The summed E-state index contributed by atoms with van der Waals surface area (Å²) in [7, 11) is 0. The molecule has 0 fully saturated rings. The van der Waals surface area contributed by atoms with Gasteiger partial charge in [-0.3, -0.25) is 9.20 Å². The minimum absolute atomic E-state index is 0.0965. The van der Waals surface area contributed by atoms with Crippen molar-refractivity contribution < 1.29 is 4.79 Å². The first-order valence-electron chi connectivity index (χ1n) is 6.77. The summed E-state index contributed by atoms with van der Waals surface area (Å²) >= 11 is 0. The first-order valence-corrected chi connectivity index (χ1v) is 6.77. The number of H-pyrrole nitrogens is 1. The van der Waals surface area contributed by atoms with Crippen LogP contribution in [0.2, 0.25) is 0 Å². The lowest BCUT2D eigenvalue weighted by molar-refractivity contribution is -0.114. The lowest BCUT2D eigenvalue weighted by Gasteiger charge is -2.04. The Bertz CT molecular complexity index is 982. The first-order chi connectivity index (χ1) is 10.7. The van der Waals surface area contributed by atoms with Crippen molar-refractivity contribution in [3.63, 3.8) is 0 Å². The molecule has 0 aliphatic carbocycles. The number of rotatable bonds is 2. The molecule has 0 unspecified atom stereocenters. The van der Waals surface area contributed by atoms with Gasteiger partial charge in [-0.15, -0.1) is 10.2 Å². The maximum Gasteiger partial charge on any atom is 0.221 e. The average Bonchev–Trinajstić information content (AvgIpc) is 3.13. The Hall–Kier alpha value is -3.22. The van der Waals surface area contributed by atoms with Crippen LogP contribution in [-0.2, 0) is 4.79 Å². The van der Waals surface area contributed by atoms with E-state index in [0.29, 0.717) is 5.65 Å². The molecule has 3 heterocycles. The molecule has 1 aromatic carbocycles. The fourth-order valence-electron chi connectivity index (χ4n) is 2.47. The number of nitrogens with one attached hydrogen (secondary N) is 2. The highest BCUT2D eigenvalue weighted by Gasteiger charge is 2.12. The zero-order valence-corrected chi connectivity index (χ0v) is 11.7. The van der Waals surface area contributed by atoms with Crippen molar-refractivity contribution in [2.45, 2.75) is 6.92 Å². The molecule has 0 saturated heterocycles. The van der Waals surface area contributed by atoms with Crippen LogP contribution >= 0.6 is 0 Å². The van der Waals surface area contributed by atoms with Gasteiger partial charge in [-0.2, -0.15) is 0 Å². The summed E-state index contributed by atoms with van der Waals surface area (Å²) in [4.78, 5) is 18.4. The number of carbonyl (C=O) groups excluding carboxylic acids is 1. The molecule has 108 valence electrons. The lowest BCUT2D eigenvalue weighted by atomic mass is 10.2. The lowest BCUT2D eigenvalue weighted by Crippen LogP contribution is -2.05. The fraction of sp³-hybridized carbons (Fsp3) is 0.0667. The van der Waals surface area contributed by atoms with Crippen LogP contribution < -0.4 is 5.32 Å². The maximum absolute atomic E-state index is 11.1. The topological polar surface area (TPSA) is 88.0 Å². The zero-order valence-electron chi connectivity index (χ0n) is 11.7. The Labute approximate surface area is 125 Å². The van der Waals surface area contributed by atoms with Gasteiger partial charge in [-0.25, -0.2) is 4.98 Å². The van der Waals surface area contributed by atoms with Gasteiger partial charge in [0.05, 0.1) is 11.7 Å². The number of fused-ring (bicyclic) bond motifs is 3. The van der Waals surface area contributed by atoms with E-state index in [1.807, 2.05) is 40.9 Å². The molecule has 1 amide bonds. The van der Waals surface area contributed by atoms with E-state index >= 15 is 0 Å². The van der Waals surface area contributed by atoms with E-state index < -0.39 is 0 Å². The van der Waals surface area contributed by atoms with Crippen molar-refractivity contribution >= 4 is 28.4 Å². The third kappa shape index (κ3) is 1.91. The molecule has 7 nitrogen and oxygen atoms in total. The van der Waals surface area contributed by atoms with E-state index in [9.17, 15) is 4.79 Å². The van der Waals surface area contributed by atoms with Crippen molar-refractivity contribution in [1.29, 1.82) is 0 Å². The highest BCUT2D eigenvalue weighted by Crippen LogP contribution is 2.23. The number of carbonyl (C=O) groups is 1. The van der Waals surface area contributed by atoms with E-state index in [1.165, 1.54) is 6.92 Å². The summed E-state index contributed by atoms with van der Waals surface area (Å²) < 4.78 is 1.95. The molecular weight excluding hydrogens is 280 g/mol. The highest BCUT2D eigenvalue weighted by molar-refractivity contribution is 5.89. The Morgan fingerprint density at radius 1 is 1.18 bits per heavy atom. The number of nitrogens with zero attached hydrogens (tertiary/aromatic N) is 4. The van der Waals surface area contributed by atoms with Crippen LogP contribution in [0.1, 0.15) is 6.92 Å². The molecule has 0 atom stereocenters. The summed E-state index contributed by atoms with van der Waals surface area (Å²) in [5, 5.41) is 11.2. The van der Waals surface area contributed by atoms with E-state index in [0.717, 1.165) is 28.2 Å². The Morgan fingerprint density at radius 3 is 2.77 bits per heavy atom. The average molecular weight is 292 g/mol. The van der Waals surface area contributed by atoms with Gasteiger partial charge < -0.3 is 10.3 Å². The standard InChI is InChI=1S/C15H12N6O/c1-9(22)18-11-4-2-10(3-5-11)15-20-19-13-8-17-14-12(21(13)15)6-7-16-14/h2-8,16H,1H3,(H,18,22). The smallest absolute Gasteiger partial charge is 0.221 e. The minimum Gasteiger partial charge on any atom is -0.345 e. The van der Waals surface area contributed by atoms with E-state index in [4.69, 9.17) is 0 Å². The van der Waals surface area contributed by atoms with E-state index in [-0.39, 0.29) is 5.91 Å². The van der Waals surface area contributed by atoms with Crippen LogP contribution in [0, 0.1) is 0 Å². The fourth-order valence-corrected chi connectivity index (χ4v) is 2.47. The van der Waals surface area contributed by atoms with Gasteiger partial charge >= 0.3 is 0 Å². The predicted molar refractivity (Wildman–Crippen MR) is 82.4 cm³/mol. The summed E-state index contributed by atoms with van der Waals surface area (Å²) in [5.74, 6) is 0.636. The minimum atomic E-state index is -0.0965. The van der Waals surface area contributed by atoms with E-state index in [1.54, 1.807) is 6.20 Å². The molecule has 2 N–H and O–H groups in total. The second-order valence-electron chi connectivity index (χ2n) is 4.95. The number of anilines is 1. The molecule has 0 bridgehead atoms. The van der Waals surface area contributed by atoms with Crippen LogP contribution in [0.4, 0.5) is 5.69 Å². The maximum atomic E-state index is 11.1. The van der Waals surface area contributed by atoms with Crippen molar-refractivity contribution in [1.82, 2.24) is 24.6 Å². The number of hydrogen-bond donors (Lipinski definition) is 2. The molecule has 0 saturated carbocycles. The van der Waals surface area contributed by atoms with Crippen molar-refractivity contribution in [2.24, 2.45) is 0 Å². The molecule has 0 aliphatic heterocycles. The van der Waals surface area contributed by atoms with Crippen LogP contribution in [0.15, 0.2) is 42.7 Å². The Balaban J connectivity index is 1.86. The second kappa shape index (κ2) is 4.66. The van der Waals surface area contributed by atoms with Gasteiger partial charge in [0.1, 0.15) is 0 Å². The van der Waals surface area contributed by atoms with Crippen molar-refractivity contribution in [3.8, 4) is 11.4 Å². The molecule has 3 aromatic heterocycles. The van der Waals surface area contributed by atoms with Crippen molar-refractivity contribution in [3.05, 3.63) is 42.7 Å². The third-order valence-electron chi connectivity index (χ3n) is 3.41. The van der Waals surface area contributed by atoms with E-state index in [2.05, 4.69) is 25.5 Å². The molecular formula is C15H12N6O. The van der Waals surface area contributed by atoms with Crippen LogP contribution in [0.5, 0.6) is 0 Å².